The van der Waals surface area contributed by atoms with Crippen LogP contribution >= 0.6 is 0 Å². The standard InChI is InChI=1S/C46H4B21N3O3/c47-17-8(10-20(50)27(57)21(51)11-13-22(52)29(59)32(62)36(66)44(13)72-42(10)11)18(48)26(56)25(55)16(17)39-46-38(68-4-69-39)6-3-5(1-2-7(6)71-46)70-40-9(19(49)28(58)31(61)35(40)65)15-41(70)34(64)24(54)12-14-23(53)30(60)33(63)37(67)45(14)73-43(12)15/h1-4H. The van der Waals surface area contributed by atoms with Gasteiger partial charge in [0.2, 0.25) is 0 Å². The quantitative estimate of drug-likeness (QED) is 0.165. The molecule has 12 aromatic rings. The van der Waals surface area contributed by atoms with Crippen LogP contribution in [0.25, 0.3) is 116 Å². The van der Waals surface area contributed by atoms with E-state index in [0.717, 1.165) is 0 Å². The van der Waals surface area contributed by atoms with E-state index in [-0.39, 0.29) is 181 Å². The molecule has 5 aromatic heterocycles. The summed E-state index contributed by atoms with van der Waals surface area (Å²) in [6, 6.07) is 5.17. The van der Waals surface area contributed by atoms with E-state index in [4.69, 9.17) is 178 Å². The van der Waals surface area contributed by atoms with E-state index in [1.165, 1.54) is 6.33 Å². The predicted octanol–water partition coefficient (Wildman–Crippen LogP) is -12.7. The van der Waals surface area contributed by atoms with Crippen LogP contribution in [-0.2, 0) is 0 Å². The first kappa shape index (κ1) is 48.1. The Labute approximate surface area is 444 Å². The molecule has 5 heterocycles. The molecule has 0 bridgehead atoms. The molecule has 12 rings (SSSR count). The smallest absolute Gasteiger partial charge is 0.180 e. The van der Waals surface area contributed by atoms with E-state index in [2.05, 4.69) is 9.97 Å². The molecule has 0 saturated heterocycles. The maximum Gasteiger partial charge on any atom is 0.180 e. The summed E-state index contributed by atoms with van der Waals surface area (Å²) < 4.78 is 21.2. The monoisotopic (exact) mass is 877 g/mol. The Balaban J connectivity index is 1.14. The highest BCUT2D eigenvalue weighted by Gasteiger charge is 2.30. The zero-order chi connectivity index (χ0) is 52.2. The summed E-state index contributed by atoms with van der Waals surface area (Å²) >= 11 is 0. The number of aromatic nitrogens is 3. The average molecular weight is 874 g/mol. The third-order valence-corrected chi connectivity index (χ3v) is 14.2. The van der Waals surface area contributed by atoms with Crippen molar-refractivity contribution in [1.82, 2.24) is 14.5 Å². The van der Waals surface area contributed by atoms with Crippen molar-refractivity contribution in [3.8, 4) is 28.1 Å². The number of benzene rings is 7. The van der Waals surface area contributed by atoms with Gasteiger partial charge in [-0.3, -0.25) is 0 Å². The Kier molecular flexibility index (Phi) is 10.6. The van der Waals surface area contributed by atoms with Crippen molar-refractivity contribution in [2.45, 2.75) is 0 Å². The SMILES string of the molecule is [B]c1c([B])c(-c2ncnc3c2oc2ccc(-n4c5c([B])c([B])c([B])c([B])c5c5c6oc7c([B])c([B])c([B])c([B])c7c6c([B])c([B])c54)cc23)c([B])c(-c2c([B])c([B])c([B])c3c2oc2c([B])c([B])c([B])c([B])c23)c1[B]. The lowest BCUT2D eigenvalue weighted by Crippen LogP contribution is -2.48. The van der Waals surface area contributed by atoms with Crippen molar-refractivity contribution in [3.05, 3.63) is 24.5 Å². The van der Waals surface area contributed by atoms with Gasteiger partial charge >= 0.3 is 0 Å². The number of furan rings is 3. The molecule has 7 aromatic carbocycles. The van der Waals surface area contributed by atoms with Crippen molar-refractivity contribution < 1.29 is 13.3 Å². The van der Waals surface area contributed by atoms with Gasteiger partial charge in [0, 0.05) is 54.5 Å². The van der Waals surface area contributed by atoms with Gasteiger partial charge in [-0.05, 0) is 29.3 Å². The second-order valence-electron chi connectivity index (χ2n) is 17.8. The molecule has 0 aliphatic rings. The maximum absolute atomic E-state index is 7.14. The van der Waals surface area contributed by atoms with Crippen LogP contribution in [0.2, 0.25) is 0 Å². The van der Waals surface area contributed by atoms with Crippen LogP contribution in [0.5, 0.6) is 0 Å². The maximum atomic E-state index is 7.14. The molecule has 0 unspecified atom stereocenters. The summed E-state index contributed by atoms with van der Waals surface area (Å²) in [7, 11) is 139. The summed E-state index contributed by atoms with van der Waals surface area (Å²) in [5, 5.41) is 2.13. The second kappa shape index (κ2) is 16.1. The first-order chi connectivity index (χ1) is 34.5. The van der Waals surface area contributed by atoms with Gasteiger partial charge < -0.3 is 17.8 Å². The minimum Gasteiger partial charge on any atom is -0.456 e. The molecule has 6 nitrogen and oxygen atoms in total. The fourth-order valence-electron chi connectivity index (χ4n) is 10.4. The van der Waals surface area contributed by atoms with E-state index >= 15 is 0 Å². The number of fused-ring (bicyclic) bond motifs is 13. The Morgan fingerprint density at radius 3 is 1.34 bits per heavy atom. The van der Waals surface area contributed by atoms with Crippen LogP contribution in [0.4, 0.5) is 0 Å². The first-order valence-corrected chi connectivity index (χ1v) is 21.7. The topological polar surface area (TPSA) is 70.1 Å². The lowest BCUT2D eigenvalue weighted by molar-refractivity contribution is 0.667. The fourth-order valence-corrected chi connectivity index (χ4v) is 10.4. The Hall–Kier alpha value is -5.82. The van der Waals surface area contributed by atoms with Gasteiger partial charge in [-0.1, -0.05) is 71.0 Å². The lowest BCUT2D eigenvalue weighted by atomic mass is 9.60. The zero-order valence-electron chi connectivity index (χ0n) is 38.0. The minimum absolute atomic E-state index is 0.000839. The molecule has 0 saturated carbocycles. The summed E-state index contributed by atoms with van der Waals surface area (Å²) in [5.74, 6) is 0. The highest BCUT2D eigenvalue weighted by Crippen LogP contribution is 2.39. The molecule has 0 atom stereocenters. The fraction of sp³-hybridized carbons (Fsp3) is 0. The zero-order valence-corrected chi connectivity index (χ0v) is 38.0. The van der Waals surface area contributed by atoms with Crippen LogP contribution < -0.4 is 115 Å². The van der Waals surface area contributed by atoms with Crippen molar-refractivity contribution >= 4 is 367 Å². The van der Waals surface area contributed by atoms with E-state index in [0.29, 0.717) is 49.4 Å². The molecule has 0 N–H and O–H groups in total. The summed E-state index contributed by atoms with van der Waals surface area (Å²) in [5.41, 5.74) is 2.40. The number of hydrogen-bond acceptors (Lipinski definition) is 5. The molecule has 0 spiro atoms. The van der Waals surface area contributed by atoms with Gasteiger partial charge in [0.15, 0.2) is 5.58 Å². The third kappa shape index (κ3) is 6.00. The Morgan fingerprint density at radius 1 is 0.315 bits per heavy atom. The van der Waals surface area contributed by atoms with E-state index in [1.807, 2.05) is 0 Å². The van der Waals surface area contributed by atoms with E-state index in [9.17, 15) is 0 Å². The van der Waals surface area contributed by atoms with Crippen molar-refractivity contribution in [1.29, 1.82) is 0 Å². The Morgan fingerprint density at radius 2 is 0.740 bits per heavy atom. The number of hydrogen-bond donors (Lipinski definition) is 0. The molecule has 284 valence electrons. The molecular formula is C46H4B21N3O3. The predicted molar refractivity (Wildman–Crippen MR) is 322 cm³/mol. The van der Waals surface area contributed by atoms with Crippen molar-refractivity contribution in [2.75, 3.05) is 0 Å². The van der Waals surface area contributed by atoms with Gasteiger partial charge in [-0.25, -0.2) is 9.97 Å². The molecule has 42 radical (unpaired) electrons. The number of rotatable bonds is 3. The average Bonchev–Trinajstić information content (AvgIpc) is 4.18. The lowest BCUT2D eigenvalue weighted by Gasteiger charge is -2.25. The van der Waals surface area contributed by atoms with Crippen LogP contribution in [0.1, 0.15) is 0 Å². The van der Waals surface area contributed by atoms with Crippen LogP contribution in [0.3, 0.4) is 0 Å². The molecule has 0 fully saturated rings. The molecular weight excluding hydrogens is 870 g/mol. The van der Waals surface area contributed by atoms with Crippen LogP contribution in [-0.4, -0.2) is 179 Å². The number of nitrogens with zero attached hydrogens (tertiary/aromatic N) is 3. The molecule has 0 aliphatic carbocycles. The first-order valence-electron chi connectivity index (χ1n) is 21.7. The summed E-state index contributed by atoms with van der Waals surface area (Å²) in [6.45, 7) is 0. The normalized spacial score (nSPS) is 12.2. The Bertz CT molecular complexity index is 4650. The van der Waals surface area contributed by atoms with Crippen LogP contribution in [0.15, 0.2) is 37.8 Å². The molecule has 0 amide bonds. The van der Waals surface area contributed by atoms with Crippen molar-refractivity contribution in [2.24, 2.45) is 0 Å². The van der Waals surface area contributed by atoms with Gasteiger partial charge in [-0.2, -0.15) is 0 Å². The highest BCUT2D eigenvalue weighted by atomic mass is 16.3. The van der Waals surface area contributed by atoms with Gasteiger partial charge in [-0.15, -0.1) is 43.7 Å². The molecule has 0 aliphatic heterocycles. The molecule has 73 heavy (non-hydrogen) atoms. The van der Waals surface area contributed by atoms with Crippen molar-refractivity contribution in [3.63, 3.8) is 0 Å². The van der Waals surface area contributed by atoms with Gasteiger partial charge in [0.05, 0.1) is 5.52 Å². The second-order valence-corrected chi connectivity index (χ2v) is 17.8. The van der Waals surface area contributed by atoms with E-state index in [1.54, 1.807) is 22.8 Å². The highest BCUT2D eigenvalue weighted by molar-refractivity contribution is 6.73. The minimum atomic E-state index is -0.105. The summed E-state index contributed by atoms with van der Waals surface area (Å²) in [4.78, 5) is 9.27. The van der Waals surface area contributed by atoms with Gasteiger partial charge in [0.25, 0.3) is 0 Å². The third-order valence-electron chi connectivity index (χ3n) is 14.2. The largest absolute Gasteiger partial charge is 0.456 e. The summed E-state index contributed by atoms with van der Waals surface area (Å²) in [6.07, 6.45) is 1.29. The molecule has 27 heteroatoms. The van der Waals surface area contributed by atoms with E-state index < -0.39 is 0 Å². The van der Waals surface area contributed by atoms with Crippen LogP contribution in [0, 0.1) is 0 Å². The van der Waals surface area contributed by atoms with Gasteiger partial charge in [0.1, 0.15) is 210 Å².